The summed E-state index contributed by atoms with van der Waals surface area (Å²) in [6.07, 6.45) is 7.60. The van der Waals surface area contributed by atoms with E-state index < -0.39 is 0 Å². The molecule has 80 valence electrons. The van der Waals surface area contributed by atoms with Crippen LogP contribution in [0.15, 0.2) is 12.4 Å². The van der Waals surface area contributed by atoms with Gasteiger partial charge in [0.1, 0.15) is 0 Å². The van der Waals surface area contributed by atoms with Crippen LogP contribution < -0.4 is 4.90 Å². The highest BCUT2D eigenvalue weighted by Gasteiger charge is 2.20. The highest BCUT2D eigenvalue weighted by atomic mass is 16.1. The SMILES string of the molecule is C[C@H]1CCCCN1c1ncc(C=O)cn1. The first-order valence-electron chi connectivity index (χ1n) is 5.35. The van der Waals surface area contributed by atoms with Crippen LogP contribution in [0, 0.1) is 0 Å². The number of carbonyl (C=O) groups excluding carboxylic acids is 1. The molecule has 0 aromatic carbocycles. The van der Waals surface area contributed by atoms with E-state index in [1.807, 2.05) is 0 Å². The fourth-order valence-electron chi connectivity index (χ4n) is 1.94. The predicted octanol–water partition coefficient (Wildman–Crippen LogP) is 1.67. The lowest BCUT2D eigenvalue weighted by molar-refractivity contribution is 0.112. The maximum absolute atomic E-state index is 10.5. The topological polar surface area (TPSA) is 46.1 Å². The Bertz CT molecular complexity index is 336. The molecule has 0 saturated carbocycles. The molecular formula is C11H15N3O. The predicted molar refractivity (Wildman–Crippen MR) is 58.1 cm³/mol. The lowest BCUT2D eigenvalue weighted by Gasteiger charge is -2.33. The van der Waals surface area contributed by atoms with Crippen molar-refractivity contribution in [2.45, 2.75) is 32.2 Å². The fourth-order valence-corrected chi connectivity index (χ4v) is 1.94. The van der Waals surface area contributed by atoms with E-state index in [0.29, 0.717) is 11.6 Å². The average molecular weight is 205 g/mol. The molecule has 0 amide bonds. The highest BCUT2D eigenvalue weighted by molar-refractivity contribution is 5.73. The van der Waals surface area contributed by atoms with Crippen molar-refractivity contribution in [2.24, 2.45) is 0 Å². The molecule has 0 bridgehead atoms. The molecule has 1 aromatic heterocycles. The molecule has 0 spiro atoms. The molecule has 0 N–H and O–H groups in total. The minimum Gasteiger partial charge on any atom is -0.338 e. The molecule has 0 aliphatic carbocycles. The number of anilines is 1. The molecule has 0 radical (unpaired) electrons. The van der Waals surface area contributed by atoms with Gasteiger partial charge < -0.3 is 4.90 Å². The van der Waals surface area contributed by atoms with Gasteiger partial charge in [-0.1, -0.05) is 0 Å². The Balaban J connectivity index is 2.16. The Morgan fingerprint density at radius 2 is 2.13 bits per heavy atom. The summed E-state index contributed by atoms with van der Waals surface area (Å²) in [4.78, 5) is 21.1. The van der Waals surface area contributed by atoms with Crippen LogP contribution in [0.2, 0.25) is 0 Å². The smallest absolute Gasteiger partial charge is 0.225 e. The monoisotopic (exact) mass is 205 g/mol. The first kappa shape index (κ1) is 10.1. The maximum Gasteiger partial charge on any atom is 0.225 e. The third kappa shape index (κ3) is 2.14. The molecule has 1 saturated heterocycles. The molecule has 1 atom stereocenters. The summed E-state index contributed by atoms with van der Waals surface area (Å²) in [6.45, 7) is 3.21. The molecule has 1 fully saturated rings. The number of nitrogens with zero attached hydrogens (tertiary/aromatic N) is 3. The second kappa shape index (κ2) is 4.38. The van der Waals surface area contributed by atoms with Gasteiger partial charge in [0, 0.05) is 25.0 Å². The second-order valence-corrected chi connectivity index (χ2v) is 3.97. The van der Waals surface area contributed by atoms with Crippen molar-refractivity contribution in [1.29, 1.82) is 0 Å². The maximum atomic E-state index is 10.5. The van der Waals surface area contributed by atoms with E-state index >= 15 is 0 Å². The van der Waals surface area contributed by atoms with Crippen molar-refractivity contribution in [3.05, 3.63) is 18.0 Å². The van der Waals surface area contributed by atoms with Gasteiger partial charge in [0.05, 0.1) is 5.56 Å². The van der Waals surface area contributed by atoms with Gasteiger partial charge in [-0.2, -0.15) is 0 Å². The Kier molecular flexibility index (Phi) is 2.94. The van der Waals surface area contributed by atoms with Crippen LogP contribution in [0.4, 0.5) is 5.95 Å². The first-order valence-corrected chi connectivity index (χ1v) is 5.35. The van der Waals surface area contributed by atoms with E-state index in [9.17, 15) is 4.79 Å². The van der Waals surface area contributed by atoms with Gasteiger partial charge >= 0.3 is 0 Å². The zero-order valence-corrected chi connectivity index (χ0v) is 8.89. The fraction of sp³-hybridized carbons (Fsp3) is 0.545. The number of rotatable bonds is 2. The number of aldehydes is 1. The van der Waals surface area contributed by atoms with Gasteiger partial charge in [-0.05, 0) is 26.2 Å². The lowest BCUT2D eigenvalue weighted by Crippen LogP contribution is -2.38. The van der Waals surface area contributed by atoms with Crippen LogP contribution in [0.3, 0.4) is 0 Å². The van der Waals surface area contributed by atoms with Crippen molar-refractivity contribution < 1.29 is 4.79 Å². The molecule has 0 unspecified atom stereocenters. The molecule has 1 aromatic rings. The molecule has 15 heavy (non-hydrogen) atoms. The quantitative estimate of drug-likeness (QED) is 0.689. The third-order valence-corrected chi connectivity index (χ3v) is 2.85. The Hall–Kier alpha value is -1.45. The van der Waals surface area contributed by atoms with Crippen molar-refractivity contribution in [1.82, 2.24) is 9.97 Å². The minimum atomic E-state index is 0.501. The van der Waals surface area contributed by atoms with Crippen molar-refractivity contribution >= 4 is 12.2 Å². The van der Waals surface area contributed by atoms with Crippen LogP contribution in [-0.4, -0.2) is 28.8 Å². The normalized spacial score (nSPS) is 21.4. The third-order valence-electron chi connectivity index (χ3n) is 2.85. The summed E-state index contributed by atoms with van der Waals surface area (Å²) in [5.74, 6) is 0.743. The summed E-state index contributed by atoms with van der Waals surface area (Å²) < 4.78 is 0. The molecule has 2 rings (SSSR count). The number of hydrogen-bond acceptors (Lipinski definition) is 4. The molecular weight excluding hydrogens is 190 g/mol. The molecule has 4 heteroatoms. The van der Waals surface area contributed by atoms with Crippen molar-refractivity contribution in [3.63, 3.8) is 0 Å². The number of hydrogen-bond donors (Lipinski definition) is 0. The van der Waals surface area contributed by atoms with Crippen LogP contribution in [0.25, 0.3) is 0 Å². The summed E-state index contributed by atoms with van der Waals surface area (Å²) in [7, 11) is 0. The standard InChI is InChI=1S/C11H15N3O/c1-9-4-2-3-5-14(9)11-12-6-10(8-15)7-13-11/h6-9H,2-5H2,1H3/t9-/m0/s1. The summed E-state index contributed by atoms with van der Waals surface area (Å²) in [5.41, 5.74) is 0.531. The summed E-state index contributed by atoms with van der Waals surface area (Å²) >= 11 is 0. The molecule has 2 heterocycles. The Labute approximate surface area is 89.3 Å². The molecule has 1 aliphatic heterocycles. The largest absolute Gasteiger partial charge is 0.338 e. The van der Waals surface area contributed by atoms with E-state index in [4.69, 9.17) is 0 Å². The van der Waals surface area contributed by atoms with E-state index in [0.717, 1.165) is 18.8 Å². The Morgan fingerprint density at radius 1 is 1.40 bits per heavy atom. The van der Waals surface area contributed by atoms with Crippen molar-refractivity contribution in [3.8, 4) is 0 Å². The first-order chi connectivity index (χ1) is 7.31. The van der Waals surface area contributed by atoms with E-state index in [1.54, 1.807) is 12.4 Å². The number of piperidine rings is 1. The van der Waals surface area contributed by atoms with Crippen LogP contribution in [-0.2, 0) is 0 Å². The summed E-state index contributed by atoms with van der Waals surface area (Å²) in [5, 5.41) is 0. The zero-order valence-electron chi connectivity index (χ0n) is 8.89. The second-order valence-electron chi connectivity index (χ2n) is 3.97. The Morgan fingerprint density at radius 3 is 2.73 bits per heavy atom. The van der Waals surface area contributed by atoms with Crippen LogP contribution >= 0.6 is 0 Å². The van der Waals surface area contributed by atoms with E-state index in [1.165, 1.54) is 19.3 Å². The van der Waals surface area contributed by atoms with Gasteiger partial charge in [0.2, 0.25) is 5.95 Å². The number of carbonyl (C=O) groups is 1. The van der Waals surface area contributed by atoms with Crippen LogP contribution in [0.1, 0.15) is 36.5 Å². The van der Waals surface area contributed by atoms with Gasteiger partial charge in [-0.3, -0.25) is 4.79 Å². The highest BCUT2D eigenvalue weighted by Crippen LogP contribution is 2.20. The van der Waals surface area contributed by atoms with E-state index in [-0.39, 0.29) is 0 Å². The summed E-state index contributed by atoms with van der Waals surface area (Å²) in [6, 6.07) is 0.501. The van der Waals surface area contributed by atoms with Crippen molar-refractivity contribution in [2.75, 3.05) is 11.4 Å². The van der Waals surface area contributed by atoms with Gasteiger partial charge in [-0.15, -0.1) is 0 Å². The van der Waals surface area contributed by atoms with Gasteiger partial charge in [-0.25, -0.2) is 9.97 Å². The molecule has 4 nitrogen and oxygen atoms in total. The van der Waals surface area contributed by atoms with Gasteiger partial charge in [0.15, 0.2) is 6.29 Å². The zero-order chi connectivity index (χ0) is 10.7. The average Bonchev–Trinajstić information content (AvgIpc) is 2.30. The van der Waals surface area contributed by atoms with E-state index in [2.05, 4.69) is 21.8 Å². The molecule has 1 aliphatic rings. The number of aromatic nitrogens is 2. The van der Waals surface area contributed by atoms with Crippen LogP contribution in [0.5, 0.6) is 0 Å². The van der Waals surface area contributed by atoms with Gasteiger partial charge in [0.25, 0.3) is 0 Å². The lowest BCUT2D eigenvalue weighted by atomic mass is 10.0. The minimum absolute atomic E-state index is 0.501.